The van der Waals surface area contributed by atoms with Gasteiger partial charge < -0.3 is 20.9 Å². The monoisotopic (exact) mass is 488 g/mol. The quantitative estimate of drug-likeness (QED) is 0.365. The normalized spacial score (nSPS) is 13.4. The molecule has 0 aliphatic carbocycles. The Balaban J connectivity index is 1.32. The molecule has 4 aromatic rings. The predicted molar refractivity (Wildman–Crippen MR) is 133 cm³/mol. The third-order valence-corrected chi connectivity index (χ3v) is 5.79. The Morgan fingerprint density at radius 2 is 1.67 bits per heavy atom. The average molecular weight is 488 g/mol. The number of nitrogens with zero attached hydrogens (tertiary/aromatic N) is 3. The maximum Gasteiger partial charge on any atom is 0.323 e. The maximum atomic E-state index is 14.9. The number of urea groups is 1. The second-order valence-electron chi connectivity index (χ2n) is 8.28. The zero-order valence-electron chi connectivity index (χ0n) is 19.1. The van der Waals surface area contributed by atoms with Gasteiger partial charge in [-0.05, 0) is 54.6 Å². The molecule has 182 valence electrons. The summed E-state index contributed by atoms with van der Waals surface area (Å²) in [5.41, 5.74) is 1.70. The van der Waals surface area contributed by atoms with Crippen molar-refractivity contribution in [2.75, 3.05) is 41.7 Å². The molecule has 1 aliphatic rings. The molecule has 1 aromatic heterocycles. The lowest BCUT2D eigenvalue weighted by Gasteiger charge is -2.28. The Hall–Kier alpha value is -4.44. The fourth-order valence-corrected chi connectivity index (χ4v) is 3.98. The molecule has 1 aliphatic heterocycles. The van der Waals surface area contributed by atoms with Gasteiger partial charge in [-0.3, -0.25) is 9.78 Å². The SMILES string of the molecule is O=C(Nc1cccc(F)c1)Nc1ccc(C(=O)c2ccc3ncc(N4CCNCC4)nc3c2)c(F)c1. The van der Waals surface area contributed by atoms with Gasteiger partial charge in [-0.15, -0.1) is 0 Å². The first-order valence-corrected chi connectivity index (χ1v) is 11.4. The van der Waals surface area contributed by atoms with Crippen LogP contribution in [0, 0.1) is 11.6 Å². The van der Waals surface area contributed by atoms with Crippen molar-refractivity contribution in [3.05, 3.63) is 89.6 Å². The molecular weight excluding hydrogens is 466 g/mol. The number of carbonyl (C=O) groups excluding carboxylic acids is 2. The van der Waals surface area contributed by atoms with Gasteiger partial charge in [-0.25, -0.2) is 18.6 Å². The lowest BCUT2D eigenvalue weighted by molar-refractivity contribution is 0.103. The molecule has 0 saturated carbocycles. The van der Waals surface area contributed by atoms with Crippen LogP contribution in [0.15, 0.2) is 66.9 Å². The molecule has 10 heteroatoms. The molecule has 8 nitrogen and oxygen atoms in total. The van der Waals surface area contributed by atoms with E-state index in [1.165, 1.54) is 30.3 Å². The highest BCUT2D eigenvalue weighted by atomic mass is 19.1. The Bertz CT molecular complexity index is 1460. The third-order valence-electron chi connectivity index (χ3n) is 5.79. The van der Waals surface area contributed by atoms with Crippen molar-refractivity contribution in [3.63, 3.8) is 0 Å². The van der Waals surface area contributed by atoms with E-state index in [2.05, 4.69) is 30.8 Å². The number of anilines is 3. The van der Waals surface area contributed by atoms with Crippen molar-refractivity contribution in [2.24, 2.45) is 0 Å². The molecule has 0 radical (unpaired) electrons. The van der Waals surface area contributed by atoms with E-state index < -0.39 is 23.4 Å². The first-order valence-electron chi connectivity index (χ1n) is 11.4. The van der Waals surface area contributed by atoms with Crippen LogP contribution in [-0.2, 0) is 0 Å². The summed E-state index contributed by atoms with van der Waals surface area (Å²) in [5, 5.41) is 8.21. The smallest absolute Gasteiger partial charge is 0.323 e. The lowest BCUT2D eigenvalue weighted by Crippen LogP contribution is -2.43. The van der Waals surface area contributed by atoms with E-state index in [1.54, 1.807) is 24.4 Å². The Labute approximate surface area is 205 Å². The Kier molecular flexibility index (Phi) is 6.50. The molecule has 2 amide bonds. The van der Waals surface area contributed by atoms with E-state index in [0.29, 0.717) is 11.0 Å². The number of amides is 2. The standard InChI is InChI=1S/C26H22F2N6O2/c27-17-2-1-3-18(13-17)31-26(36)32-19-5-6-20(21(28)14-19)25(35)16-4-7-22-23(12-16)33-24(15-30-22)34-10-8-29-9-11-34/h1-7,12-15,29H,8-11H2,(H2,31,32,36). The third kappa shape index (κ3) is 5.13. The van der Waals surface area contributed by atoms with Crippen LogP contribution < -0.4 is 20.9 Å². The largest absolute Gasteiger partial charge is 0.353 e. The summed E-state index contributed by atoms with van der Waals surface area (Å²) in [7, 11) is 0. The van der Waals surface area contributed by atoms with Crippen LogP contribution in [0.2, 0.25) is 0 Å². The number of nitrogens with one attached hydrogen (secondary N) is 3. The predicted octanol–water partition coefficient (Wildman–Crippen LogP) is 4.19. The first-order chi connectivity index (χ1) is 17.5. The van der Waals surface area contributed by atoms with E-state index in [1.807, 2.05) is 0 Å². The summed E-state index contributed by atoms with van der Waals surface area (Å²) in [4.78, 5) is 36.4. The zero-order chi connectivity index (χ0) is 25.1. The number of halogens is 2. The fourth-order valence-electron chi connectivity index (χ4n) is 3.98. The summed E-state index contributed by atoms with van der Waals surface area (Å²) in [6.07, 6.45) is 1.71. The maximum absolute atomic E-state index is 14.9. The van der Waals surface area contributed by atoms with Crippen molar-refractivity contribution < 1.29 is 18.4 Å². The number of fused-ring (bicyclic) bond motifs is 1. The zero-order valence-corrected chi connectivity index (χ0v) is 19.1. The molecule has 2 heterocycles. The van der Waals surface area contributed by atoms with Gasteiger partial charge in [0, 0.05) is 43.1 Å². The molecule has 0 unspecified atom stereocenters. The number of carbonyl (C=O) groups is 2. The molecule has 0 bridgehead atoms. The number of aromatic nitrogens is 2. The Morgan fingerprint density at radius 1 is 0.889 bits per heavy atom. The van der Waals surface area contributed by atoms with Gasteiger partial charge in [-0.1, -0.05) is 6.07 Å². The average Bonchev–Trinajstić information content (AvgIpc) is 2.88. The highest BCUT2D eigenvalue weighted by Gasteiger charge is 2.17. The van der Waals surface area contributed by atoms with Gasteiger partial charge >= 0.3 is 6.03 Å². The molecule has 1 saturated heterocycles. The summed E-state index contributed by atoms with van der Waals surface area (Å²) in [6, 6.07) is 13.4. The van der Waals surface area contributed by atoms with Gasteiger partial charge in [0.2, 0.25) is 0 Å². The first kappa shape index (κ1) is 23.3. The number of benzene rings is 3. The van der Waals surface area contributed by atoms with Crippen molar-refractivity contribution in [1.29, 1.82) is 0 Å². The number of piperazine rings is 1. The minimum atomic E-state index is -0.788. The fraction of sp³-hybridized carbons (Fsp3) is 0.154. The highest BCUT2D eigenvalue weighted by molar-refractivity contribution is 6.10. The topological polar surface area (TPSA) is 99.2 Å². The summed E-state index contributed by atoms with van der Waals surface area (Å²) >= 11 is 0. The molecule has 5 rings (SSSR count). The molecule has 3 N–H and O–H groups in total. The molecule has 3 aromatic carbocycles. The van der Waals surface area contributed by atoms with Gasteiger partial charge in [0.05, 0.1) is 22.8 Å². The number of rotatable bonds is 5. The minimum Gasteiger partial charge on any atom is -0.353 e. The van der Waals surface area contributed by atoms with E-state index in [4.69, 9.17) is 0 Å². The van der Waals surface area contributed by atoms with Crippen LogP contribution in [0.25, 0.3) is 11.0 Å². The second-order valence-corrected chi connectivity index (χ2v) is 8.28. The van der Waals surface area contributed by atoms with Crippen LogP contribution in [0.5, 0.6) is 0 Å². The summed E-state index contributed by atoms with van der Waals surface area (Å²) in [6.45, 7) is 3.33. The molecular formula is C26H22F2N6O2. The van der Waals surface area contributed by atoms with Crippen LogP contribution in [0.1, 0.15) is 15.9 Å². The van der Waals surface area contributed by atoms with E-state index in [-0.39, 0.29) is 22.5 Å². The second kappa shape index (κ2) is 10.0. The number of ketones is 1. The minimum absolute atomic E-state index is 0.142. The van der Waals surface area contributed by atoms with Crippen molar-refractivity contribution in [1.82, 2.24) is 15.3 Å². The number of hydrogen-bond acceptors (Lipinski definition) is 6. The van der Waals surface area contributed by atoms with Crippen LogP contribution in [-0.4, -0.2) is 48.0 Å². The molecule has 1 fully saturated rings. The molecule has 0 spiro atoms. The molecule has 36 heavy (non-hydrogen) atoms. The van der Waals surface area contributed by atoms with Crippen molar-refractivity contribution >= 4 is 40.0 Å². The summed E-state index contributed by atoms with van der Waals surface area (Å²) in [5.74, 6) is -1.07. The summed E-state index contributed by atoms with van der Waals surface area (Å²) < 4.78 is 28.1. The van der Waals surface area contributed by atoms with Crippen molar-refractivity contribution in [3.8, 4) is 0 Å². The van der Waals surface area contributed by atoms with E-state index >= 15 is 0 Å². The number of hydrogen-bond donors (Lipinski definition) is 3. The van der Waals surface area contributed by atoms with E-state index in [0.717, 1.165) is 44.1 Å². The van der Waals surface area contributed by atoms with Crippen LogP contribution >= 0.6 is 0 Å². The van der Waals surface area contributed by atoms with Gasteiger partial charge in [-0.2, -0.15) is 0 Å². The van der Waals surface area contributed by atoms with Gasteiger partial charge in [0.15, 0.2) is 5.78 Å². The molecule has 0 atom stereocenters. The van der Waals surface area contributed by atoms with Gasteiger partial charge in [0.25, 0.3) is 0 Å². The van der Waals surface area contributed by atoms with Gasteiger partial charge in [0.1, 0.15) is 17.5 Å². The highest BCUT2D eigenvalue weighted by Crippen LogP contribution is 2.22. The van der Waals surface area contributed by atoms with Crippen LogP contribution in [0.4, 0.5) is 30.8 Å². The lowest BCUT2D eigenvalue weighted by atomic mass is 10.0. The Morgan fingerprint density at radius 3 is 2.42 bits per heavy atom. The van der Waals surface area contributed by atoms with E-state index in [9.17, 15) is 18.4 Å². The van der Waals surface area contributed by atoms with Crippen molar-refractivity contribution in [2.45, 2.75) is 0 Å². The van der Waals surface area contributed by atoms with Crippen LogP contribution in [0.3, 0.4) is 0 Å².